The molecule has 0 fully saturated rings. The van der Waals surface area contributed by atoms with Crippen molar-refractivity contribution in [1.29, 1.82) is 0 Å². The normalized spacial score (nSPS) is 15.9. The van der Waals surface area contributed by atoms with E-state index in [-0.39, 0.29) is 5.82 Å². The van der Waals surface area contributed by atoms with Gasteiger partial charge in [-0.1, -0.05) is 19.9 Å². The lowest BCUT2D eigenvalue weighted by atomic mass is 9.95. The molecule has 2 aromatic rings. The van der Waals surface area contributed by atoms with Gasteiger partial charge in [-0.25, -0.2) is 14.4 Å². The molecule has 0 saturated heterocycles. The molecule has 0 aromatic heterocycles. The summed E-state index contributed by atoms with van der Waals surface area (Å²) >= 11 is 0. The highest BCUT2D eigenvalue weighted by molar-refractivity contribution is 6.02. The highest BCUT2D eigenvalue weighted by Crippen LogP contribution is 2.35. The van der Waals surface area contributed by atoms with Crippen LogP contribution >= 0.6 is 0 Å². The zero-order valence-electron chi connectivity index (χ0n) is 16.8. The van der Waals surface area contributed by atoms with Crippen LogP contribution in [0.2, 0.25) is 0 Å². The second-order valence-corrected chi connectivity index (χ2v) is 6.49. The fourth-order valence-electron chi connectivity index (χ4n) is 3.26. The topological polar surface area (TPSA) is 46.1 Å². The molecule has 3 rings (SSSR count). The number of likely N-dealkylation sites (N-methyl/N-ethyl adjacent to an activating group) is 1. The summed E-state index contributed by atoms with van der Waals surface area (Å²) in [5.74, 6) is 1.78. The Morgan fingerprint density at radius 3 is 2.50 bits per heavy atom. The van der Waals surface area contributed by atoms with Crippen LogP contribution in [-0.4, -0.2) is 38.2 Å². The molecule has 6 heteroatoms. The molecule has 0 amide bonds. The van der Waals surface area contributed by atoms with Crippen molar-refractivity contribution in [3.63, 3.8) is 0 Å². The van der Waals surface area contributed by atoms with Gasteiger partial charge in [-0.15, -0.1) is 0 Å². The molecule has 1 N–H and O–H groups in total. The molecule has 0 aliphatic carbocycles. The van der Waals surface area contributed by atoms with Crippen LogP contribution in [0, 0.1) is 5.82 Å². The van der Waals surface area contributed by atoms with Gasteiger partial charge in [0.15, 0.2) is 11.5 Å². The molecule has 1 aliphatic rings. The standard InChI is InChI=1S/C22H26FN3O2/c1-5-15-10-20(27-3)21(28-4)13-19(15)16-11-22(25-26(6-2)14-16)24-18-9-7-8-17(23)12-18/h7-13H,5-6,14H2,1-4H3,(H,24,25). The molecule has 2 aromatic carbocycles. The van der Waals surface area contributed by atoms with Crippen molar-refractivity contribution in [2.24, 2.45) is 4.99 Å². The van der Waals surface area contributed by atoms with E-state index >= 15 is 0 Å². The fraction of sp³-hybridized carbons (Fsp3) is 0.318. The predicted octanol–water partition coefficient (Wildman–Crippen LogP) is 4.36. The maximum Gasteiger partial charge on any atom is 0.161 e. The second-order valence-electron chi connectivity index (χ2n) is 6.49. The first-order valence-electron chi connectivity index (χ1n) is 9.39. The predicted molar refractivity (Wildman–Crippen MR) is 111 cm³/mol. The molecule has 0 bridgehead atoms. The van der Waals surface area contributed by atoms with Crippen LogP contribution < -0.4 is 14.9 Å². The first-order chi connectivity index (χ1) is 13.6. The highest BCUT2D eigenvalue weighted by atomic mass is 19.1. The van der Waals surface area contributed by atoms with Crippen LogP contribution in [0.5, 0.6) is 11.5 Å². The van der Waals surface area contributed by atoms with E-state index in [1.54, 1.807) is 26.4 Å². The van der Waals surface area contributed by atoms with Crippen LogP contribution in [0.1, 0.15) is 25.0 Å². The summed E-state index contributed by atoms with van der Waals surface area (Å²) in [5, 5.41) is 2.07. The third-order valence-corrected chi connectivity index (χ3v) is 4.72. The number of halogens is 1. The third-order valence-electron chi connectivity index (χ3n) is 4.72. The number of hydrogen-bond acceptors (Lipinski definition) is 4. The molecule has 0 spiro atoms. The van der Waals surface area contributed by atoms with E-state index in [0.717, 1.165) is 36.4 Å². The van der Waals surface area contributed by atoms with Crippen molar-refractivity contribution in [3.05, 3.63) is 59.4 Å². The number of aliphatic imine (C=N–C) groups is 1. The summed E-state index contributed by atoms with van der Waals surface area (Å²) in [5.41, 5.74) is 7.25. The van der Waals surface area contributed by atoms with E-state index in [2.05, 4.69) is 29.3 Å². The number of hydrogen-bond donors (Lipinski definition) is 1. The monoisotopic (exact) mass is 383 g/mol. The Morgan fingerprint density at radius 2 is 1.86 bits per heavy atom. The van der Waals surface area contributed by atoms with Crippen molar-refractivity contribution in [2.45, 2.75) is 20.3 Å². The maximum absolute atomic E-state index is 13.5. The van der Waals surface area contributed by atoms with Gasteiger partial charge < -0.3 is 14.9 Å². The molecular weight excluding hydrogens is 357 g/mol. The van der Waals surface area contributed by atoms with Gasteiger partial charge in [0, 0.05) is 13.1 Å². The largest absolute Gasteiger partial charge is 0.493 e. The van der Waals surface area contributed by atoms with Crippen LogP contribution in [0.3, 0.4) is 0 Å². The maximum atomic E-state index is 13.5. The molecule has 0 saturated carbocycles. The summed E-state index contributed by atoms with van der Waals surface area (Å²) in [4.78, 5) is 4.58. The van der Waals surface area contributed by atoms with Crippen molar-refractivity contribution >= 4 is 17.1 Å². The lowest BCUT2D eigenvalue weighted by Crippen LogP contribution is -2.45. The Morgan fingerprint density at radius 1 is 1.11 bits per heavy atom. The minimum atomic E-state index is -0.303. The summed E-state index contributed by atoms with van der Waals surface area (Å²) in [6, 6.07) is 10.3. The van der Waals surface area contributed by atoms with Gasteiger partial charge in [-0.3, -0.25) is 0 Å². The average molecular weight is 383 g/mol. The van der Waals surface area contributed by atoms with Crippen molar-refractivity contribution in [1.82, 2.24) is 10.4 Å². The van der Waals surface area contributed by atoms with Crippen molar-refractivity contribution in [3.8, 4) is 11.5 Å². The number of benzene rings is 2. The minimum absolute atomic E-state index is 0.303. The summed E-state index contributed by atoms with van der Waals surface area (Å²) in [6.07, 6.45) is 2.88. The van der Waals surface area contributed by atoms with Gasteiger partial charge in [-0.2, -0.15) is 0 Å². The summed E-state index contributed by atoms with van der Waals surface area (Å²) < 4.78 is 24.5. The van der Waals surface area contributed by atoms with E-state index < -0.39 is 0 Å². The van der Waals surface area contributed by atoms with Gasteiger partial charge in [0.05, 0.1) is 19.9 Å². The third kappa shape index (κ3) is 4.34. The lowest BCUT2D eigenvalue weighted by molar-refractivity contribution is 0.277. The number of amidine groups is 1. The molecule has 0 unspecified atom stereocenters. The molecular formula is C22H26FN3O2. The fourth-order valence-corrected chi connectivity index (χ4v) is 3.26. The van der Waals surface area contributed by atoms with E-state index in [9.17, 15) is 4.39 Å². The number of nitrogens with zero attached hydrogens (tertiary/aromatic N) is 2. The molecule has 148 valence electrons. The van der Waals surface area contributed by atoms with Gasteiger partial charge >= 0.3 is 0 Å². The molecule has 1 heterocycles. The first kappa shape index (κ1) is 19.9. The average Bonchev–Trinajstić information content (AvgIpc) is 2.72. The van der Waals surface area contributed by atoms with E-state index in [1.807, 2.05) is 18.2 Å². The Bertz CT molecular complexity index is 909. The Hall–Kier alpha value is -2.86. The number of nitrogens with one attached hydrogen (secondary N) is 1. The zero-order valence-corrected chi connectivity index (χ0v) is 16.8. The second kappa shape index (κ2) is 8.89. The van der Waals surface area contributed by atoms with Gasteiger partial charge in [0.1, 0.15) is 11.7 Å². The van der Waals surface area contributed by atoms with E-state index in [4.69, 9.17) is 9.47 Å². The van der Waals surface area contributed by atoms with Crippen LogP contribution in [-0.2, 0) is 6.42 Å². The number of rotatable bonds is 6. The molecule has 0 atom stereocenters. The van der Waals surface area contributed by atoms with Crippen LogP contribution in [0.4, 0.5) is 10.1 Å². The van der Waals surface area contributed by atoms with Gasteiger partial charge in [0.25, 0.3) is 0 Å². The quantitative estimate of drug-likeness (QED) is 0.805. The van der Waals surface area contributed by atoms with E-state index in [1.165, 1.54) is 17.7 Å². The molecule has 28 heavy (non-hydrogen) atoms. The summed E-state index contributed by atoms with van der Waals surface area (Å²) in [7, 11) is 3.28. The molecule has 0 radical (unpaired) electrons. The number of ether oxygens (including phenoxy) is 2. The van der Waals surface area contributed by atoms with Crippen LogP contribution in [0.25, 0.3) is 5.57 Å². The van der Waals surface area contributed by atoms with Crippen molar-refractivity contribution in [2.75, 3.05) is 27.3 Å². The molecule has 1 aliphatic heterocycles. The number of methoxy groups -OCH3 is 2. The van der Waals surface area contributed by atoms with Crippen molar-refractivity contribution < 1.29 is 13.9 Å². The van der Waals surface area contributed by atoms with E-state index in [0.29, 0.717) is 17.3 Å². The Labute approximate surface area is 165 Å². The van der Waals surface area contributed by atoms with Gasteiger partial charge in [-0.05, 0) is 59.5 Å². The first-order valence-corrected chi connectivity index (χ1v) is 9.39. The molecule has 5 nitrogen and oxygen atoms in total. The van der Waals surface area contributed by atoms with Gasteiger partial charge in [0.2, 0.25) is 0 Å². The number of hydrazine groups is 1. The lowest BCUT2D eigenvalue weighted by Gasteiger charge is -2.29. The zero-order chi connectivity index (χ0) is 20.1. The summed E-state index contributed by atoms with van der Waals surface area (Å²) in [6.45, 7) is 5.71. The smallest absolute Gasteiger partial charge is 0.161 e. The van der Waals surface area contributed by atoms with Crippen LogP contribution in [0.15, 0.2) is 47.5 Å². The Balaban J connectivity index is 2.07. The minimum Gasteiger partial charge on any atom is -0.493 e. The Kier molecular flexibility index (Phi) is 6.31. The highest BCUT2D eigenvalue weighted by Gasteiger charge is 2.20. The SMILES string of the molecule is CCc1cc(OC)c(OC)cc1C1=CC(=Nc2cccc(F)c2)NN(CC)C1. The number of aryl methyl sites for hydroxylation is 1.